The number of carbonyl (C=O) groups excluding carboxylic acids is 1. The number of carbonyl (C=O) groups is 1. The van der Waals surface area contributed by atoms with Crippen molar-refractivity contribution in [2.75, 3.05) is 7.11 Å². The van der Waals surface area contributed by atoms with Crippen LogP contribution < -0.4 is 0 Å². The van der Waals surface area contributed by atoms with Crippen LogP contribution in [0.5, 0.6) is 0 Å². The highest BCUT2D eigenvalue weighted by Crippen LogP contribution is 1.81. The highest BCUT2D eigenvalue weighted by atomic mass is 16.5. The van der Waals surface area contributed by atoms with E-state index in [4.69, 9.17) is 5.11 Å². The van der Waals surface area contributed by atoms with E-state index < -0.39 is 12.1 Å². The van der Waals surface area contributed by atoms with Crippen LogP contribution in [-0.2, 0) is 9.53 Å². The van der Waals surface area contributed by atoms with Crippen molar-refractivity contribution in [2.45, 2.75) is 6.10 Å². The molecule has 0 radical (unpaired) electrons. The number of aliphatic hydroxyl groups excluding tert-OH is 1. The van der Waals surface area contributed by atoms with Gasteiger partial charge in [0, 0.05) is 0 Å². The lowest BCUT2D eigenvalue weighted by Crippen LogP contribution is -2.18. The number of hydrogen-bond donors (Lipinski definition) is 1. The molecule has 3 heteroatoms. The Morgan fingerprint density at radius 2 is 2.50 bits per heavy atom. The molecule has 0 bridgehead atoms. The molecule has 0 saturated heterocycles. The molecule has 44 valence electrons. The van der Waals surface area contributed by atoms with Gasteiger partial charge in [0.2, 0.25) is 6.10 Å². The van der Waals surface area contributed by atoms with Gasteiger partial charge >= 0.3 is 5.97 Å². The first-order valence-electron chi connectivity index (χ1n) is 1.94. The zero-order chi connectivity index (χ0) is 6.57. The highest BCUT2D eigenvalue weighted by Gasteiger charge is 2.09. The summed E-state index contributed by atoms with van der Waals surface area (Å²) >= 11 is 0. The van der Waals surface area contributed by atoms with E-state index in [1.54, 1.807) is 5.92 Å². The van der Waals surface area contributed by atoms with Crippen molar-refractivity contribution in [3.63, 3.8) is 0 Å². The van der Waals surface area contributed by atoms with Gasteiger partial charge in [0.15, 0.2) is 0 Å². The molecule has 0 heterocycles. The van der Waals surface area contributed by atoms with Crippen LogP contribution in [0.1, 0.15) is 0 Å². The van der Waals surface area contributed by atoms with Gasteiger partial charge in [-0.05, 0) is 0 Å². The van der Waals surface area contributed by atoms with Gasteiger partial charge in [-0.25, -0.2) is 4.79 Å². The topological polar surface area (TPSA) is 46.5 Å². The molecule has 0 fully saturated rings. The van der Waals surface area contributed by atoms with Gasteiger partial charge in [0.1, 0.15) is 0 Å². The van der Waals surface area contributed by atoms with Crippen LogP contribution in [0.15, 0.2) is 0 Å². The number of aliphatic hydroxyl groups is 1. The lowest BCUT2D eigenvalue weighted by Gasteiger charge is -1.96. The number of methoxy groups -OCH3 is 1. The predicted molar refractivity (Wildman–Crippen MR) is 26.9 cm³/mol. The molecule has 1 N–H and O–H groups in total. The van der Waals surface area contributed by atoms with Crippen LogP contribution in [0.2, 0.25) is 0 Å². The summed E-state index contributed by atoms with van der Waals surface area (Å²) in [5.41, 5.74) is 0. The second kappa shape index (κ2) is 3.05. The van der Waals surface area contributed by atoms with Crippen molar-refractivity contribution >= 4 is 5.97 Å². The number of rotatable bonds is 1. The quantitative estimate of drug-likeness (QED) is 0.357. The Labute approximate surface area is 47.3 Å². The standard InChI is InChI=1S/C5H6O3/c1-3-4(6)5(7)8-2/h1,4,6H,2H3. The normalized spacial score (nSPS) is 11.6. The van der Waals surface area contributed by atoms with Crippen molar-refractivity contribution in [1.82, 2.24) is 0 Å². The fourth-order valence-corrected chi connectivity index (χ4v) is 0.180. The third-order valence-corrected chi connectivity index (χ3v) is 0.582. The van der Waals surface area contributed by atoms with Crippen LogP contribution in [0.25, 0.3) is 0 Å². The second-order valence-electron chi connectivity index (χ2n) is 1.09. The van der Waals surface area contributed by atoms with E-state index in [-0.39, 0.29) is 0 Å². The third-order valence-electron chi connectivity index (χ3n) is 0.582. The lowest BCUT2D eigenvalue weighted by molar-refractivity contribution is -0.147. The molecule has 0 saturated carbocycles. The monoisotopic (exact) mass is 114 g/mol. The zero-order valence-electron chi connectivity index (χ0n) is 4.42. The van der Waals surface area contributed by atoms with Crippen molar-refractivity contribution in [1.29, 1.82) is 0 Å². The first kappa shape index (κ1) is 6.99. The highest BCUT2D eigenvalue weighted by molar-refractivity contribution is 5.77. The minimum atomic E-state index is -1.42. The lowest BCUT2D eigenvalue weighted by atomic mass is 10.4. The molecule has 0 rings (SSSR count). The minimum absolute atomic E-state index is 0.799. The van der Waals surface area contributed by atoms with Crippen molar-refractivity contribution < 1.29 is 14.6 Å². The minimum Gasteiger partial charge on any atom is -0.466 e. The van der Waals surface area contributed by atoms with Crippen LogP contribution in [0, 0.1) is 12.3 Å². The maximum Gasteiger partial charge on any atom is 0.347 e. The van der Waals surface area contributed by atoms with Gasteiger partial charge in [0.25, 0.3) is 0 Å². The molecule has 0 aromatic heterocycles. The molecular formula is C5H6O3. The molecule has 0 aromatic rings. The summed E-state index contributed by atoms with van der Waals surface area (Å²) in [6.07, 6.45) is 3.23. The smallest absolute Gasteiger partial charge is 0.347 e. The fraction of sp³-hybridized carbons (Fsp3) is 0.400. The van der Waals surface area contributed by atoms with Crippen LogP contribution in [0.3, 0.4) is 0 Å². The summed E-state index contributed by atoms with van der Waals surface area (Å²) in [4.78, 5) is 10.1. The molecule has 0 aliphatic heterocycles. The maximum absolute atomic E-state index is 10.1. The summed E-state index contributed by atoms with van der Waals surface area (Å²) in [5, 5.41) is 8.42. The average Bonchev–Trinajstić information content (AvgIpc) is 1.84. The third kappa shape index (κ3) is 1.63. The first-order chi connectivity index (χ1) is 3.72. The molecule has 0 aromatic carbocycles. The van der Waals surface area contributed by atoms with Gasteiger partial charge in [-0.15, -0.1) is 6.42 Å². The average molecular weight is 114 g/mol. The number of terminal acetylenes is 1. The Bertz CT molecular complexity index is 122. The van der Waals surface area contributed by atoms with E-state index >= 15 is 0 Å². The predicted octanol–water partition coefficient (Wildman–Crippen LogP) is -0.847. The Balaban J connectivity index is 3.68. The SMILES string of the molecule is C#CC(O)C(=O)OC. The van der Waals surface area contributed by atoms with Crippen LogP contribution >= 0.6 is 0 Å². The fourth-order valence-electron chi connectivity index (χ4n) is 0.180. The van der Waals surface area contributed by atoms with Crippen molar-refractivity contribution in [2.24, 2.45) is 0 Å². The second-order valence-corrected chi connectivity index (χ2v) is 1.09. The number of hydrogen-bond acceptors (Lipinski definition) is 3. The molecule has 1 atom stereocenters. The van der Waals surface area contributed by atoms with Gasteiger partial charge in [0.05, 0.1) is 7.11 Å². The van der Waals surface area contributed by atoms with E-state index in [0.717, 1.165) is 7.11 Å². The van der Waals surface area contributed by atoms with E-state index in [1.165, 1.54) is 0 Å². The Morgan fingerprint density at radius 1 is 2.00 bits per heavy atom. The molecule has 3 nitrogen and oxygen atoms in total. The molecule has 0 aliphatic carbocycles. The van der Waals surface area contributed by atoms with Crippen LogP contribution in [-0.4, -0.2) is 24.3 Å². The van der Waals surface area contributed by atoms with E-state index in [1.807, 2.05) is 0 Å². The van der Waals surface area contributed by atoms with Crippen molar-refractivity contribution in [3.8, 4) is 12.3 Å². The first-order valence-corrected chi connectivity index (χ1v) is 1.94. The largest absolute Gasteiger partial charge is 0.466 e. The van der Waals surface area contributed by atoms with E-state index in [2.05, 4.69) is 11.2 Å². The summed E-state index contributed by atoms with van der Waals surface area (Å²) in [6, 6.07) is 0. The van der Waals surface area contributed by atoms with Crippen molar-refractivity contribution in [3.05, 3.63) is 0 Å². The summed E-state index contributed by atoms with van der Waals surface area (Å²) in [6.45, 7) is 0. The summed E-state index contributed by atoms with van der Waals surface area (Å²) in [7, 11) is 1.16. The van der Waals surface area contributed by atoms with Gasteiger partial charge in [-0.1, -0.05) is 5.92 Å². The molecule has 8 heavy (non-hydrogen) atoms. The van der Waals surface area contributed by atoms with Gasteiger partial charge in [-0.3, -0.25) is 0 Å². The molecule has 0 aliphatic rings. The number of ether oxygens (including phenoxy) is 1. The number of esters is 1. The molecule has 0 spiro atoms. The zero-order valence-corrected chi connectivity index (χ0v) is 4.42. The summed E-state index contributed by atoms with van der Waals surface area (Å²) in [5.74, 6) is 0.998. The van der Waals surface area contributed by atoms with E-state index in [9.17, 15) is 4.79 Å². The maximum atomic E-state index is 10.1. The molecule has 0 amide bonds. The van der Waals surface area contributed by atoms with Crippen LogP contribution in [0.4, 0.5) is 0 Å². The van der Waals surface area contributed by atoms with Gasteiger partial charge < -0.3 is 9.84 Å². The van der Waals surface area contributed by atoms with E-state index in [0.29, 0.717) is 0 Å². The van der Waals surface area contributed by atoms with Gasteiger partial charge in [-0.2, -0.15) is 0 Å². The summed E-state index contributed by atoms with van der Waals surface area (Å²) < 4.78 is 4.07. The Hall–Kier alpha value is -1.01. The molecular weight excluding hydrogens is 108 g/mol. The Kier molecular flexibility index (Phi) is 2.67. The molecule has 1 unspecified atom stereocenters. The Morgan fingerprint density at radius 3 is 2.62 bits per heavy atom.